The highest BCUT2D eigenvalue weighted by atomic mass is 16.5. The predicted octanol–water partition coefficient (Wildman–Crippen LogP) is 1.65. The van der Waals surface area contributed by atoms with Crippen molar-refractivity contribution in [3.05, 3.63) is 24.0 Å². The van der Waals surface area contributed by atoms with Crippen LogP contribution in [0.2, 0.25) is 0 Å². The topological polar surface area (TPSA) is 65.6 Å². The van der Waals surface area contributed by atoms with Gasteiger partial charge in [0.2, 0.25) is 5.91 Å². The highest BCUT2D eigenvalue weighted by Gasteiger charge is 2.49. The maximum Gasteiger partial charge on any atom is 0.270 e. The van der Waals surface area contributed by atoms with E-state index in [0.29, 0.717) is 24.7 Å². The fraction of sp³-hybridized carbons (Fsp3) is 0.667. The molecule has 1 aromatic rings. The number of aromatic amines is 1. The van der Waals surface area contributed by atoms with Crippen molar-refractivity contribution in [2.75, 3.05) is 26.2 Å². The Bertz CT molecular complexity index is 615. The van der Waals surface area contributed by atoms with Gasteiger partial charge in [0, 0.05) is 25.8 Å². The number of H-pyrrole nitrogens is 1. The van der Waals surface area contributed by atoms with Gasteiger partial charge in [-0.15, -0.1) is 0 Å². The van der Waals surface area contributed by atoms with Crippen LogP contribution >= 0.6 is 0 Å². The molecule has 3 fully saturated rings. The molecule has 2 saturated heterocycles. The summed E-state index contributed by atoms with van der Waals surface area (Å²) in [7, 11) is 0. The van der Waals surface area contributed by atoms with E-state index in [-0.39, 0.29) is 30.1 Å². The van der Waals surface area contributed by atoms with Gasteiger partial charge in [-0.3, -0.25) is 9.59 Å². The zero-order valence-corrected chi connectivity index (χ0v) is 14.2. The average molecular weight is 331 g/mol. The van der Waals surface area contributed by atoms with Crippen LogP contribution in [0.1, 0.15) is 43.1 Å². The van der Waals surface area contributed by atoms with Crippen molar-refractivity contribution in [2.45, 2.75) is 44.2 Å². The number of aromatic nitrogens is 1. The van der Waals surface area contributed by atoms with Crippen LogP contribution in [-0.2, 0) is 9.53 Å². The van der Waals surface area contributed by atoms with Gasteiger partial charge in [0.05, 0.1) is 11.6 Å². The molecular formula is C18H25N3O3. The zero-order chi connectivity index (χ0) is 16.7. The fourth-order valence-electron chi connectivity index (χ4n) is 4.03. The zero-order valence-electron chi connectivity index (χ0n) is 14.2. The number of rotatable bonds is 3. The van der Waals surface area contributed by atoms with E-state index in [2.05, 4.69) is 11.9 Å². The van der Waals surface area contributed by atoms with E-state index in [1.807, 2.05) is 21.9 Å². The first-order valence-corrected chi connectivity index (χ1v) is 8.95. The molecule has 24 heavy (non-hydrogen) atoms. The molecule has 1 aromatic heterocycles. The molecule has 0 bridgehead atoms. The maximum atomic E-state index is 12.5. The van der Waals surface area contributed by atoms with E-state index < -0.39 is 0 Å². The second kappa shape index (κ2) is 5.92. The van der Waals surface area contributed by atoms with Crippen molar-refractivity contribution in [3.8, 4) is 0 Å². The molecule has 6 nitrogen and oxygen atoms in total. The second-order valence-corrected chi connectivity index (χ2v) is 7.39. The minimum absolute atomic E-state index is 0.0456. The van der Waals surface area contributed by atoms with Gasteiger partial charge in [-0.05, 0) is 50.7 Å². The molecule has 1 saturated carbocycles. The maximum absolute atomic E-state index is 12.5. The summed E-state index contributed by atoms with van der Waals surface area (Å²) < 4.78 is 6.04. The third kappa shape index (κ3) is 2.73. The Morgan fingerprint density at radius 2 is 2.12 bits per heavy atom. The van der Waals surface area contributed by atoms with Gasteiger partial charge in [-0.1, -0.05) is 0 Å². The number of carbonyl (C=O) groups is 2. The molecule has 6 heteroatoms. The van der Waals surface area contributed by atoms with Crippen LogP contribution in [0.4, 0.5) is 0 Å². The monoisotopic (exact) mass is 331 g/mol. The molecule has 2 aliphatic heterocycles. The first kappa shape index (κ1) is 15.7. The molecule has 1 aliphatic carbocycles. The van der Waals surface area contributed by atoms with Crippen molar-refractivity contribution in [2.24, 2.45) is 5.92 Å². The molecule has 2 amide bonds. The van der Waals surface area contributed by atoms with Crippen molar-refractivity contribution in [1.29, 1.82) is 0 Å². The summed E-state index contributed by atoms with van der Waals surface area (Å²) >= 11 is 0. The molecule has 1 spiro atoms. The number of amides is 2. The summed E-state index contributed by atoms with van der Waals surface area (Å²) in [6, 6.07) is 3.73. The Hall–Kier alpha value is -1.82. The SMILES string of the molecule is CC1N(CC2CC2)C(=O)COC12CCN(C(=O)c1ccc[nH]1)CC2. The normalized spacial score (nSPS) is 26.9. The van der Waals surface area contributed by atoms with Crippen LogP contribution < -0.4 is 0 Å². The summed E-state index contributed by atoms with van der Waals surface area (Å²) in [6.07, 6.45) is 5.82. The van der Waals surface area contributed by atoms with Crippen LogP contribution in [0, 0.1) is 5.92 Å². The lowest BCUT2D eigenvalue weighted by molar-refractivity contribution is -0.185. The molecular weight excluding hydrogens is 306 g/mol. The first-order chi connectivity index (χ1) is 11.6. The minimum atomic E-state index is -0.296. The van der Waals surface area contributed by atoms with E-state index in [1.165, 1.54) is 12.8 Å². The summed E-state index contributed by atoms with van der Waals surface area (Å²) in [6.45, 7) is 4.51. The molecule has 3 heterocycles. The average Bonchev–Trinajstić information content (AvgIpc) is 3.25. The number of nitrogens with zero attached hydrogens (tertiary/aromatic N) is 2. The Labute approximate surface area is 142 Å². The predicted molar refractivity (Wildman–Crippen MR) is 88.5 cm³/mol. The van der Waals surface area contributed by atoms with Crippen molar-refractivity contribution in [1.82, 2.24) is 14.8 Å². The molecule has 0 radical (unpaired) electrons. The standard InChI is InChI=1S/C18H25N3O3/c1-13-18(24-12-16(22)21(13)11-14-4-5-14)6-9-20(10-7-18)17(23)15-3-2-8-19-15/h2-3,8,13-14,19H,4-7,9-12H2,1H3. The van der Waals surface area contributed by atoms with E-state index in [1.54, 1.807) is 6.20 Å². The van der Waals surface area contributed by atoms with Crippen LogP contribution in [0.25, 0.3) is 0 Å². The van der Waals surface area contributed by atoms with Gasteiger partial charge in [-0.2, -0.15) is 0 Å². The Kier molecular flexibility index (Phi) is 3.87. The summed E-state index contributed by atoms with van der Waals surface area (Å²) in [5.41, 5.74) is 0.337. The number of likely N-dealkylation sites (tertiary alicyclic amines) is 1. The quantitative estimate of drug-likeness (QED) is 0.916. The minimum Gasteiger partial charge on any atom is -0.363 e. The Morgan fingerprint density at radius 3 is 2.75 bits per heavy atom. The number of carbonyl (C=O) groups excluding carboxylic acids is 2. The second-order valence-electron chi connectivity index (χ2n) is 7.39. The smallest absolute Gasteiger partial charge is 0.270 e. The van der Waals surface area contributed by atoms with Gasteiger partial charge in [0.25, 0.3) is 5.91 Å². The molecule has 1 atom stereocenters. The number of hydrogen-bond donors (Lipinski definition) is 1. The number of piperidine rings is 1. The van der Waals surface area contributed by atoms with Crippen molar-refractivity contribution < 1.29 is 14.3 Å². The number of nitrogens with one attached hydrogen (secondary N) is 1. The lowest BCUT2D eigenvalue weighted by Gasteiger charge is -2.51. The van der Waals surface area contributed by atoms with E-state index in [4.69, 9.17) is 4.74 Å². The third-order valence-corrected chi connectivity index (χ3v) is 5.91. The van der Waals surface area contributed by atoms with Crippen molar-refractivity contribution in [3.63, 3.8) is 0 Å². The van der Waals surface area contributed by atoms with E-state index in [0.717, 1.165) is 19.4 Å². The molecule has 1 unspecified atom stereocenters. The third-order valence-electron chi connectivity index (χ3n) is 5.91. The van der Waals surface area contributed by atoms with Gasteiger partial charge >= 0.3 is 0 Å². The van der Waals surface area contributed by atoms with Crippen LogP contribution in [-0.4, -0.2) is 64.5 Å². The number of hydrogen-bond acceptors (Lipinski definition) is 3. The molecule has 4 rings (SSSR count). The molecule has 130 valence electrons. The first-order valence-electron chi connectivity index (χ1n) is 8.95. The number of morpholine rings is 1. The number of ether oxygens (including phenoxy) is 1. The van der Waals surface area contributed by atoms with Crippen LogP contribution in [0.5, 0.6) is 0 Å². The highest BCUT2D eigenvalue weighted by Crippen LogP contribution is 2.38. The molecule has 0 aromatic carbocycles. The van der Waals surface area contributed by atoms with Crippen LogP contribution in [0.15, 0.2) is 18.3 Å². The van der Waals surface area contributed by atoms with Gasteiger partial charge in [0.15, 0.2) is 0 Å². The fourth-order valence-corrected chi connectivity index (χ4v) is 4.03. The van der Waals surface area contributed by atoms with Crippen molar-refractivity contribution >= 4 is 11.8 Å². The van der Waals surface area contributed by atoms with E-state index in [9.17, 15) is 9.59 Å². The lowest BCUT2D eigenvalue weighted by Crippen LogP contribution is -2.64. The highest BCUT2D eigenvalue weighted by molar-refractivity contribution is 5.92. The molecule has 3 aliphatic rings. The van der Waals surface area contributed by atoms with Gasteiger partial charge < -0.3 is 19.5 Å². The Balaban J connectivity index is 1.43. The van der Waals surface area contributed by atoms with E-state index >= 15 is 0 Å². The molecule has 1 N–H and O–H groups in total. The summed E-state index contributed by atoms with van der Waals surface area (Å²) in [4.78, 5) is 31.6. The largest absolute Gasteiger partial charge is 0.363 e. The lowest BCUT2D eigenvalue weighted by atomic mass is 9.82. The van der Waals surface area contributed by atoms with Crippen LogP contribution in [0.3, 0.4) is 0 Å². The Morgan fingerprint density at radius 1 is 1.38 bits per heavy atom. The van der Waals surface area contributed by atoms with Gasteiger partial charge in [-0.25, -0.2) is 0 Å². The summed E-state index contributed by atoms with van der Waals surface area (Å²) in [5.74, 6) is 0.843. The van der Waals surface area contributed by atoms with Gasteiger partial charge in [0.1, 0.15) is 12.3 Å². The summed E-state index contributed by atoms with van der Waals surface area (Å²) in [5, 5.41) is 0.